The molecule has 0 radical (unpaired) electrons. The Labute approximate surface area is 79.1 Å². The third kappa shape index (κ3) is 2.44. The van der Waals surface area contributed by atoms with Gasteiger partial charge in [-0.05, 0) is 38.5 Å². The zero-order chi connectivity index (χ0) is 9.26. The number of rotatable bonds is 2. The lowest BCUT2D eigenvalue weighted by molar-refractivity contribution is -0.123. The lowest BCUT2D eigenvalue weighted by Gasteiger charge is -2.26. The van der Waals surface area contributed by atoms with Crippen LogP contribution in [0.25, 0.3) is 0 Å². The first-order valence-electron chi connectivity index (χ1n) is 5.31. The zero-order valence-electron chi connectivity index (χ0n) is 7.96. The first-order valence-corrected chi connectivity index (χ1v) is 5.31. The lowest BCUT2D eigenvalue weighted by atomic mass is 9.92. The molecule has 0 aromatic heterocycles. The molecule has 0 heterocycles. The van der Waals surface area contributed by atoms with Crippen molar-refractivity contribution in [3.05, 3.63) is 0 Å². The molecule has 0 atom stereocenters. The Morgan fingerprint density at radius 1 is 1.08 bits per heavy atom. The second-order valence-electron chi connectivity index (χ2n) is 4.39. The van der Waals surface area contributed by atoms with Gasteiger partial charge in [0.1, 0.15) is 0 Å². The molecule has 2 rings (SSSR count). The predicted molar refractivity (Wildman–Crippen MR) is 51.1 cm³/mol. The van der Waals surface area contributed by atoms with Gasteiger partial charge in [-0.3, -0.25) is 4.79 Å². The second-order valence-corrected chi connectivity index (χ2v) is 4.39. The van der Waals surface area contributed by atoms with Gasteiger partial charge in [0.25, 0.3) is 0 Å². The first-order chi connectivity index (χ1) is 6.25. The van der Waals surface area contributed by atoms with Gasteiger partial charge in [-0.2, -0.15) is 0 Å². The van der Waals surface area contributed by atoms with E-state index in [4.69, 9.17) is 5.73 Å². The van der Waals surface area contributed by atoms with E-state index < -0.39 is 0 Å². The van der Waals surface area contributed by atoms with Gasteiger partial charge < -0.3 is 11.1 Å². The molecule has 2 saturated carbocycles. The van der Waals surface area contributed by atoms with E-state index in [9.17, 15) is 4.79 Å². The Hall–Kier alpha value is -0.570. The Kier molecular flexibility index (Phi) is 2.54. The molecule has 3 N–H and O–H groups in total. The summed E-state index contributed by atoms with van der Waals surface area (Å²) in [6.45, 7) is 0. The van der Waals surface area contributed by atoms with E-state index in [1.54, 1.807) is 0 Å². The highest BCUT2D eigenvalue weighted by molar-refractivity contribution is 5.81. The fraction of sp³-hybridized carbons (Fsp3) is 0.900. The van der Waals surface area contributed by atoms with E-state index in [0.717, 1.165) is 38.5 Å². The summed E-state index contributed by atoms with van der Waals surface area (Å²) in [6.07, 6.45) is 6.46. The normalized spacial score (nSPS) is 34.2. The van der Waals surface area contributed by atoms with Crippen molar-refractivity contribution in [1.29, 1.82) is 0 Å². The predicted octanol–water partition coefficient (Wildman–Crippen LogP) is 0.782. The highest BCUT2D eigenvalue weighted by atomic mass is 16.2. The highest BCUT2D eigenvalue weighted by Gasteiger charge is 2.31. The van der Waals surface area contributed by atoms with Crippen molar-refractivity contribution in [3.63, 3.8) is 0 Å². The van der Waals surface area contributed by atoms with Gasteiger partial charge in [-0.1, -0.05) is 0 Å². The van der Waals surface area contributed by atoms with Crippen LogP contribution in [0.3, 0.4) is 0 Å². The van der Waals surface area contributed by atoms with Crippen molar-refractivity contribution in [2.75, 3.05) is 0 Å². The maximum atomic E-state index is 11.4. The minimum Gasteiger partial charge on any atom is -0.353 e. The summed E-state index contributed by atoms with van der Waals surface area (Å²) in [5.74, 6) is 0.621. The molecule has 0 spiro atoms. The number of nitrogens with two attached hydrogens (primary N) is 1. The zero-order valence-corrected chi connectivity index (χ0v) is 7.96. The van der Waals surface area contributed by atoms with Crippen molar-refractivity contribution >= 4 is 5.91 Å². The van der Waals surface area contributed by atoms with Gasteiger partial charge >= 0.3 is 0 Å². The summed E-state index contributed by atoms with van der Waals surface area (Å²) in [4.78, 5) is 11.4. The molecule has 2 fully saturated rings. The van der Waals surface area contributed by atoms with Crippen molar-refractivity contribution in [2.45, 2.75) is 50.6 Å². The molecule has 3 nitrogen and oxygen atoms in total. The van der Waals surface area contributed by atoms with Crippen LogP contribution in [0, 0.1) is 5.92 Å². The van der Waals surface area contributed by atoms with Gasteiger partial charge in [-0.15, -0.1) is 0 Å². The van der Waals surface area contributed by atoms with Crippen LogP contribution in [0.1, 0.15) is 38.5 Å². The number of carbonyl (C=O) groups excluding carboxylic acids is 1. The summed E-state index contributed by atoms with van der Waals surface area (Å²) in [6, 6.07) is 0.780. The lowest BCUT2D eigenvalue weighted by Crippen LogP contribution is -2.41. The van der Waals surface area contributed by atoms with E-state index >= 15 is 0 Å². The number of hydrogen-bond donors (Lipinski definition) is 2. The van der Waals surface area contributed by atoms with Crippen LogP contribution < -0.4 is 11.1 Å². The van der Waals surface area contributed by atoms with Gasteiger partial charge in [0.05, 0.1) is 0 Å². The average Bonchev–Trinajstić information content (AvgIpc) is 2.91. The molecule has 0 unspecified atom stereocenters. The number of amides is 1. The fourth-order valence-corrected chi connectivity index (χ4v) is 1.93. The summed E-state index contributed by atoms with van der Waals surface area (Å²) in [5.41, 5.74) is 5.79. The van der Waals surface area contributed by atoms with E-state index in [1.165, 1.54) is 0 Å². The molecule has 0 aromatic carbocycles. The van der Waals surface area contributed by atoms with Crippen LogP contribution in [0.2, 0.25) is 0 Å². The molecule has 2 aliphatic rings. The monoisotopic (exact) mass is 182 g/mol. The molecule has 0 aliphatic heterocycles. The molecule has 2 aliphatic carbocycles. The molecule has 13 heavy (non-hydrogen) atoms. The molecule has 0 saturated heterocycles. The summed E-state index contributed by atoms with van der Waals surface area (Å²) >= 11 is 0. The molecular formula is C10H18N2O. The smallest absolute Gasteiger partial charge is 0.223 e. The van der Waals surface area contributed by atoms with Gasteiger partial charge in [0.15, 0.2) is 0 Å². The number of hydrogen-bond acceptors (Lipinski definition) is 2. The first kappa shape index (κ1) is 9.00. The van der Waals surface area contributed by atoms with Crippen LogP contribution in [0.5, 0.6) is 0 Å². The maximum absolute atomic E-state index is 11.4. The van der Waals surface area contributed by atoms with Gasteiger partial charge in [0.2, 0.25) is 5.91 Å². The van der Waals surface area contributed by atoms with Crippen LogP contribution in [0.4, 0.5) is 0 Å². The topological polar surface area (TPSA) is 55.1 Å². The van der Waals surface area contributed by atoms with Gasteiger partial charge in [0, 0.05) is 18.0 Å². The second kappa shape index (κ2) is 3.66. The van der Waals surface area contributed by atoms with E-state index in [2.05, 4.69) is 5.32 Å². The van der Waals surface area contributed by atoms with Crippen LogP contribution >= 0.6 is 0 Å². The van der Waals surface area contributed by atoms with Crippen LogP contribution in [0.15, 0.2) is 0 Å². The fourth-order valence-electron chi connectivity index (χ4n) is 1.93. The van der Waals surface area contributed by atoms with Crippen molar-refractivity contribution in [1.82, 2.24) is 5.32 Å². The number of carbonyl (C=O) groups is 1. The van der Waals surface area contributed by atoms with Crippen molar-refractivity contribution in [3.8, 4) is 0 Å². The van der Waals surface area contributed by atoms with E-state index in [-0.39, 0.29) is 5.91 Å². The Morgan fingerprint density at radius 3 is 2.23 bits per heavy atom. The molecule has 1 amide bonds. The SMILES string of the molecule is NC1CCC(NC(=O)C2CC2)CC1. The Bertz CT molecular complexity index is 193. The maximum Gasteiger partial charge on any atom is 0.223 e. The van der Waals surface area contributed by atoms with Crippen molar-refractivity contribution < 1.29 is 4.79 Å². The third-order valence-electron chi connectivity index (χ3n) is 3.07. The quantitative estimate of drug-likeness (QED) is 0.663. The molecule has 3 heteroatoms. The minimum atomic E-state index is 0.278. The third-order valence-corrected chi connectivity index (χ3v) is 3.07. The average molecular weight is 182 g/mol. The number of nitrogens with one attached hydrogen (secondary N) is 1. The molecule has 74 valence electrons. The Balaban J connectivity index is 1.72. The van der Waals surface area contributed by atoms with Crippen molar-refractivity contribution in [2.24, 2.45) is 11.7 Å². The largest absolute Gasteiger partial charge is 0.353 e. The van der Waals surface area contributed by atoms with E-state index in [1.807, 2.05) is 0 Å². The summed E-state index contributed by atoms with van der Waals surface area (Å²) in [5, 5.41) is 3.11. The molecule has 0 bridgehead atoms. The minimum absolute atomic E-state index is 0.278. The summed E-state index contributed by atoms with van der Waals surface area (Å²) < 4.78 is 0. The van der Waals surface area contributed by atoms with Gasteiger partial charge in [-0.25, -0.2) is 0 Å². The Morgan fingerprint density at radius 2 is 1.69 bits per heavy atom. The highest BCUT2D eigenvalue weighted by Crippen LogP contribution is 2.29. The molecular weight excluding hydrogens is 164 g/mol. The van der Waals surface area contributed by atoms with E-state index in [0.29, 0.717) is 18.0 Å². The molecule has 0 aromatic rings. The standard InChI is InChI=1S/C10H18N2O/c11-8-3-5-9(6-4-8)12-10(13)7-1-2-7/h7-9H,1-6,11H2,(H,12,13). The summed E-state index contributed by atoms with van der Waals surface area (Å²) in [7, 11) is 0. The van der Waals surface area contributed by atoms with Crippen LogP contribution in [-0.4, -0.2) is 18.0 Å². The van der Waals surface area contributed by atoms with Crippen LogP contribution in [-0.2, 0) is 4.79 Å².